The first-order valence-corrected chi connectivity index (χ1v) is 8.44. The molecule has 1 aromatic carbocycles. The van der Waals surface area contributed by atoms with Crippen LogP contribution in [-0.4, -0.2) is 21.0 Å². The summed E-state index contributed by atoms with van der Waals surface area (Å²) in [4.78, 5) is 0.293. The van der Waals surface area contributed by atoms with Gasteiger partial charge in [-0.05, 0) is 43.2 Å². The average Bonchev–Trinajstić information content (AvgIpc) is 3.07. The Bertz CT molecular complexity index is 723. The van der Waals surface area contributed by atoms with Gasteiger partial charge in [-0.2, -0.15) is 0 Å². The quantitative estimate of drug-likeness (QED) is 0.888. The third-order valence-corrected chi connectivity index (χ3v) is 5.13. The monoisotopic (exact) mass is 306 g/mol. The number of hydrogen-bond acceptors (Lipinski definition) is 4. The van der Waals surface area contributed by atoms with Gasteiger partial charge in [0.25, 0.3) is 0 Å². The first-order valence-electron chi connectivity index (χ1n) is 6.96. The second-order valence-corrected chi connectivity index (χ2v) is 7.02. The van der Waals surface area contributed by atoms with Crippen molar-refractivity contribution in [3.05, 3.63) is 47.9 Å². The van der Waals surface area contributed by atoms with Crippen LogP contribution in [0.2, 0.25) is 0 Å². The number of rotatable bonds is 5. The van der Waals surface area contributed by atoms with Crippen molar-refractivity contribution < 1.29 is 12.8 Å². The minimum atomic E-state index is -3.52. The molecule has 0 bridgehead atoms. The zero-order valence-electron chi connectivity index (χ0n) is 11.8. The van der Waals surface area contributed by atoms with E-state index in [0.717, 1.165) is 30.0 Å². The summed E-state index contributed by atoms with van der Waals surface area (Å²) in [6.07, 6.45) is 3.05. The molecule has 1 aliphatic heterocycles. The van der Waals surface area contributed by atoms with Gasteiger partial charge < -0.3 is 9.73 Å². The summed E-state index contributed by atoms with van der Waals surface area (Å²) >= 11 is 0. The van der Waals surface area contributed by atoms with Gasteiger partial charge in [-0.3, -0.25) is 0 Å². The summed E-state index contributed by atoms with van der Waals surface area (Å²) in [5.74, 6) is 0.765. The van der Waals surface area contributed by atoms with Gasteiger partial charge in [-0.25, -0.2) is 13.1 Å². The van der Waals surface area contributed by atoms with E-state index < -0.39 is 10.0 Å². The molecule has 5 nitrogen and oxygen atoms in total. The van der Waals surface area contributed by atoms with Crippen LogP contribution in [0.4, 0.5) is 5.69 Å². The smallest absolute Gasteiger partial charge is 0.240 e. The van der Waals surface area contributed by atoms with E-state index in [4.69, 9.17) is 4.42 Å². The molecule has 0 aliphatic carbocycles. The van der Waals surface area contributed by atoms with Crippen LogP contribution in [0.15, 0.2) is 45.9 Å². The molecule has 3 rings (SSSR count). The molecule has 1 atom stereocenters. The van der Waals surface area contributed by atoms with Gasteiger partial charge in [-0.15, -0.1) is 0 Å². The van der Waals surface area contributed by atoms with E-state index in [0.29, 0.717) is 11.3 Å². The van der Waals surface area contributed by atoms with Crippen molar-refractivity contribution in [2.24, 2.45) is 0 Å². The van der Waals surface area contributed by atoms with Crippen LogP contribution in [-0.2, 0) is 22.9 Å². The van der Waals surface area contributed by atoms with E-state index in [9.17, 15) is 8.42 Å². The van der Waals surface area contributed by atoms with Crippen molar-refractivity contribution >= 4 is 15.7 Å². The molecule has 0 spiro atoms. The van der Waals surface area contributed by atoms with Crippen LogP contribution in [0.1, 0.15) is 18.2 Å². The molecule has 2 heterocycles. The second-order valence-electron chi connectivity index (χ2n) is 5.30. The average molecular weight is 306 g/mol. The number of furan rings is 1. The molecular formula is C15H18N2O3S. The Labute approximate surface area is 124 Å². The fourth-order valence-electron chi connectivity index (χ4n) is 2.54. The van der Waals surface area contributed by atoms with Crippen LogP contribution >= 0.6 is 0 Å². The Kier molecular flexibility index (Phi) is 3.73. The lowest BCUT2D eigenvalue weighted by Gasteiger charge is -2.14. The standard InChI is InChI=1S/C15H18N2O3S/c1-11(9-13-3-2-8-20-13)17-21(18,19)14-5-4-12-6-7-16-15(12)10-14/h2-5,8,10-11,16-17H,6-7,9H2,1H3. The molecule has 0 amide bonds. The Balaban J connectivity index is 1.74. The topological polar surface area (TPSA) is 71.3 Å². The maximum Gasteiger partial charge on any atom is 0.240 e. The highest BCUT2D eigenvalue weighted by atomic mass is 32.2. The molecule has 112 valence electrons. The fraction of sp³-hybridized carbons (Fsp3) is 0.333. The summed E-state index contributed by atoms with van der Waals surface area (Å²) in [6.45, 7) is 2.69. The Morgan fingerprint density at radius 1 is 1.38 bits per heavy atom. The Morgan fingerprint density at radius 2 is 2.24 bits per heavy atom. The maximum absolute atomic E-state index is 12.4. The summed E-state index contributed by atoms with van der Waals surface area (Å²) in [6, 6.07) is 8.63. The number of anilines is 1. The van der Waals surface area contributed by atoms with Crippen LogP contribution in [0, 0.1) is 0 Å². The molecule has 0 saturated heterocycles. The number of hydrogen-bond donors (Lipinski definition) is 2. The van der Waals surface area contributed by atoms with Gasteiger partial charge in [0.05, 0.1) is 11.2 Å². The predicted molar refractivity (Wildman–Crippen MR) is 80.8 cm³/mol. The van der Waals surface area contributed by atoms with Gasteiger partial charge in [-0.1, -0.05) is 6.07 Å². The predicted octanol–water partition coefficient (Wildman–Crippen LogP) is 2.16. The van der Waals surface area contributed by atoms with Crippen molar-refractivity contribution in [2.75, 3.05) is 11.9 Å². The zero-order valence-corrected chi connectivity index (χ0v) is 12.6. The van der Waals surface area contributed by atoms with Crippen molar-refractivity contribution in [1.82, 2.24) is 4.72 Å². The van der Waals surface area contributed by atoms with Crippen molar-refractivity contribution in [3.63, 3.8) is 0 Å². The van der Waals surface area contributed by atoms with Gasteiger partial charge in [0, 0.05) is 24.7 Å². The SMILES string of the molecule is CC(Cc1ccco1)NS(=O)(=O)c1ccc2c(c1)NCC2. The van der Waals surface area contributed by atoms with Crippen LogP contribution in [0.25, 0.3) is 0 Å². The molecule has 2 aromatic rings. The highest BCUT2D eigenvalue weighted by molar-refractivity contribution is 7.89. The van der Waals surface area contributed by atoms with Crippen molar-refractivity contribution in [2.45, 2.75) is 30.7 Å². The Morgan fingerprint density at radius 3 is 3.00 bits per heavy atom. The highest BCUT2D eigenvalue weighted by Crippen LogP contribution is 2.25. The molecule has 2 N–H and O–H groups in total. The van der Waals surface area contributed by atoms with Crippen molar-refractivity contribution in [1.29, 1.82) is 0 Å². The van der Waals surface area contributed by atoms with Crippen LogP contribution < -0.4 is 10.0 Å². The highest BCUT2D eigenvalue weighted by Gasteiger charge is 2.20. The first-order chi connectivity index (χ1) is 10.0. The summed E-state index contributed by atoms with van der Waals surface area (Å²) in [5, 5.41) is 3.20. The fourth-order valence-corrected chi connectivity index (χ4v) is 3.81. The molecule has 0 fully saturated rings. The van der Waals surface area contributed by atoms with E-state index in [1.54, 1.807) is 24.5 Å². The number of sulfonamides is 1. The minimum Gasteiger partial charge on any atom is -0.469 e. The summed E-state index contributed by atoms with van der Waals surface area (Å²) in [5.41, 5.74) is 2.08. The van der Waals surface area contributed by atoms with E-state index in [1.165, 1.54) is 0 Å². The van der Waals surface area contributed by atoms with Gasteiger partial charge >= 0.3 is 0 Å². The molecule has 1 aliphatic rings. The zero-order chi connectivity index (χ0) is 14.9. The molecule has 1 unspecified atom stereocenters. The lowest BCUT2D eigenvalue weighted by molar-refractivity contribution is 0.479. The third kappa shape index (κ3) is 3.11. The van der Waals surface area contributed by atoms with E-state index in [1.807, 2.05) is 19.1 Å². The maximum atomic E-state index is 12.4. The normalized spacial score (nSPS) is 15.5. The largest absolute Gasteiger partial charge is 0.469 e. The lowest BCUT2D eigenvalue weighted by atomic mass is 10.2. The Hall–Kier alpha value is -1.79. The third-order valence-electron chi connectivity index (χ3n) is 3.55. The molecule has 1 aromatic heterocycles. The number of benzene rings is 1. The van der Waals surface area contributed by atoms with Crippen LogP contribution in [0.5, 0.6) is 0 Å². The van der Waals surface area contributed by atoms with E-state index in [-0.39, 0.29) is 6.04 Å². The first kappa shape index (κ1) is 14.2. The number of nitrogens with one attached hydrogen (secondary N) is 2. The molecule has 0 radical (unpaired) electrons. The van der Waals surface area contributed by atoms with Crippen LogP contribution in [0.3, 0.4) is 0 Å². The molecule has 6 heteroatoms. The molecular weight excluding hydrogens is 288 g/mol. The van der Waals surface area contributed by atoms with Gasteiger partial charge in [0.2, 0.25) is 10.0 Å². The van der Waals surface area contributed by atoms with E-state index in [2.05, 4.69) is 10.0 Å². The minimum absolute atomic E-state index is 0.234. The number of fused-ring (bicyclic) bond motifs is 1. The van der Waals surface area contributed by atoms with E-state index >= 15 is 0 Å². The summed E-state index contributed by atoms with van der Waals surface area (Å²) < 4.78 is 32.7. The van der Waals surface area contributed by atoms with Gasteiger partial charge in [0.15, 0.2) is 0 Å². The second kappa shape index (κ2) is 5.54. The lowest BCUT2D eigenvalue weighted by Crippen LogP contribution is -2.34. The van der Waals surface area contributed by atoms with Gasteiger partial charge in [0.1, 0.15) is 5.76 Å². The molecule has 0 saturated carbocycles. The van der Waals surface area contributed by atoms with Crippen molar-refractivity contribution in [3.8, 4) is 0 Å². The summed E-state index contributed by atoms with van der Waals surface area (Å²) in [7, 11) is -3.52. The molecule has 21 heavy (non-hydrogen) atoms.